The molecule has 0 spiro atoms. The van der Waals surface area contributed by atoms with E-state index in [1.54, 1.807) is 23.1 Å². The second-order valence-electron chi connectivity index (χ2n) is 4.14. The van der Waals surface area contributed by atoms with E-state index >= 15 is 0 Å². The number of halogens is 1. The molecule has 0 unspecified atom stereocenters. The van der Waals surface area contributed by atoms with E-state index in [1.165, 1.54) is 5.56 Å². The SMILES string of the molecule is CN(C)c1nnc(Sc2ccc(CCN)c(Br)c2)s1. The fourth-order valence-corrected chi connectivity index (χ4v) is 3.98. The lowest BCUT2D eigenvalue weighted by Crippen LogP contribution is -2.07. The van der Waals surface area contributed by atoms with Gasteiger partial charge in [-0.3, -0.25) is 0 Å². The van der Waals surface area contributed by atoms with Crippen LogP contribution in [-0.4, -0.2) is 30.8 Å². The monoisotopic (exact) mass is 358 g/mol. The third kappa shape index (κ3) is 3.92. The number of nitrogens with two attached hydrogens (primary N) is 1. The molecule has 0 aliphatic carbocycles. The molecule has 0 saturated carbocycles. The van der Waals surface area contributed by atoms with Crippen molar-refractivity contribution in [1.29, 1.82) is 0 Å². The lowest BCUT2D eigenvalue weighted by molar-refractivity contribution is 0.959. The molecule has 0 atom stereocenters. The van der Waals surface area contributed by atoms with Crippen LogP contribution in [0.5, 0.6) is 0 Å². The molecule has 0 aliphatic heterocycles. The van der Waals surface area contributed by atoms with Crippen LogP contribution in [-0.2, 0) is 6.42 Å². The highest BCUT2D eigenvalue weighted by atomic mass is 79.9. The first kappa shape index (κ1) is 14.8. The van der Waals surface area contributed by atoms with Crippen molar-refractivity contribution in [3.63, 3.8) is 0 Å². The second-order valence-corrected chi connectivity index (χ2v) is 7.27. The van der Waals surface area contributed by atoms with Crippen molar-refractivity contribution >= 4 is 44.2 Å². The van der Waals surface area contributed by atoms with Gasteiger partial charge in [0.1, 0.15) is 0 Å². The Morgan fingerprint density at radius 3 is 2.74 bits per heavy atom. The van der Waals surface area contributed by atoms with Crippen molar-refractivity contribution < 1.29 is 0 Å². The number of anilines is 1. The fourth-order valence-electron chi connectivity index (χ4n) is 1.48. The predicted octanol–water partition coefficient (Wildman–Crippen LogP) is 3.02. The summed E-state index contributed by atoms with van der Waals surface area (Å²) < 4.78 is 2.04. The van der Waals surface area contributed by atoms with Crippen LogP contribution in [0.2, 0.25) is 0 Å². The molecule has 0 aliphatic rings. The molecule has 2 rings (SSSR count). The normalized spacial score (nSPS) is 10.7. The van der Waals surface area contributed by atoms with E-state index in [0.29, 0.717) is 6.54 Å². The van der Waals surface area contributed by atoms with Crippen LogP contribution < -0.4 is 10.6 Å². The molecule has 4 nitrogen and oxygen atoms in total. The zero-order valence-electron chi connectivity index (χ0n) is 10.8. The average Bonchev–Trinajstić information content (AvgIpc) is 2.81. The van der Waals surface area contributed by atoms with Crippen LogP contribution >= 0.6 is 39.0 Å². The molecule has 2 N–H and O–H groups in total. The summed E-state index contributed by atoms with van der Waals surface area (Å²) in [4.78, 5) is 3.11. The lowest BCUT2D eigenvalue weighted by Gasteiger charge is -2.05. The Kier molecular flexibility index (Phi) is 5.20. The standard InChI is InChI=1S/C12H15BrN4S2/c1-17(2)11-15-16-12(19-11)18-9-4-3-8(5-6-14)10(13)7-9/h3-4,7H,5-6,14H2,1-2H3. The summed E-state index contributed by atoms with van der Waals surface area (Å²) in [6, 6.07) is 6.30. The van der Waals surface area contributed by atoms with Crippen LogP contribution in [0, 0.1) is 0 Å². The molecule has 2 aromatic rings. The Morgan fingerprint density at radius 1 is 1.37 bits per heavy atom. The smallest absolute Gasteiger partial charge is 0.208 e. The molecule has 7 heteroatoms. The molecule has 102 valence electrons. The van der Waals surface area contributed by atoms with Crippen LogP contribution in [0.15, 0.2) is 31.9 Å². The number of aromatic nitrogens is 2. The van der Waals surface area contributed by atoms with Gasteiger partial charge < -0.3 is 10.6 Å². The highest BCUT2D eigenvalue weighted by molar-refractivity contribution is 9.10. The maximum absolute atomic E-state index is 5.57. The Labute approximate surface area is 129 Å². The van der Waals surface area contributed by atoms with Crippen molar-refractivity contribution in [3.8, 4) is 0 Å². The highest BCUT2D eigenvalue weighted by Crippen LogP contribution is 2.34. The lowest BCUT2D eigenvalue weighted by atomic mass is 10.1. The molecular formula is C12H15BrN4S2. The Hall–Kier alpha value is -0.630. The van der Waals surface area contributed by atoms with Crippen LogP contribution in [0.25, 0.3) is 0 Å². The first-order valence-electron chi connectivity index (χ1n) is 5.77. The summed E-state index contributed by atoms with van der Waals surface area (Å²) in [7, 11) is 3.93. The molecule has 0 saturated heterocycles. The largest absolute Gasteiger partial charge is 0.353 e. The molecular weight excluding hydrogens is 344 g/mol. The van der Waals surface area contributed by atoms with Gasteiger partial charge in [0.05, 0.1) is 0 Å². The van der Waals surface area contributed by atoms with E-state index in [4.69, 9.17) is 5.73 Å². The van der Waals surface area contributed by atoms with E-state index in [2.05, 4.69) is 44.3 Å². The molecule has 19 heavy (non-hydrogen) atoms. The number of hydrogen-bond donors (Lipinski definition) is 1. The topological polar surface area (TPSA) is 55.0 Å². The minimum Gasteiger partial charge on any atom is -0.353 e. The van der Waals surface area contributed by atoms with E-state index in [1.807, 2.05) is 19.0 Å². The van der Waals surface area contributed by atoms with Gasteiger partial charge >= 0.3 is 0 Å². The Morgan fingerprint density at radius 2 is 2.16 bits per heavy atom. The van der Waals surface area contributed by atoms with Crippen molar-refractivity contribution in [1.82, 2.24) is 10.2 Å². The molecule has 1 aromatic heterocycles. The van der Waals surface area contributed by atoms with Gasteiger partial charge in [-0.1, -0.05) is 45.1 Å². The van der Waals surface area contributed by atoms with Crippen molar-refractivity contribution in [2.75, 3.05) is 25.5 Å². The minimum absolute atomic E-state index is 0.660. The zero-order chi connectivity index (χ0) is 13.8. The van der Waals surface area contributed by atoms with Crippen LogP contribution in [0.1, 0.15) is 5.56 Å². The first-order valence-corrected chi connectivity index (χ1v) is 8.20. The summed E-state index contributed by atoms with van der Waals surface area (Å²) in [6.45, 7) is 0.660. The predicted molar refractivity (Wildman–Crippen MR) is 85.3 cm³/mol. The molecule has 1 heterocycles. The Bertz CT molecular complexity index is 556. The van der Waals surface area contributed by atoms with Crippen LogP contribution in [0.4, 0.5) is 5.13 Å². The van der Waals surface area contributed by atoms with Crippen molar-refractivity contribution in [2.24, 2.45) is 5.73 Å². The average molecular weight is 359 g/mol. The first-order chi connectivity index (χ1) is 9.10. The summed E-state index contributed by atoms with van der Waals surface area (Å²) in [6.07, 6.45) is 0.884. The second kappa shape index (κ2) is 6.69. The summed E-state index contributed by atoms with van der Waals surface area (Å²) >= 11 is 6.79. The quantitative estimate of drug-likeness (QED) is 0.889. The van der Waals surface area contributed by atoms with Gasteiger partial charge in [0.15, 0.2) is 4.34 Å². The van der Waals surface area contributed by atoms with E-state index < -0.39 is 0 Å². The van der Waals surface area contributed by atoms with Gasteiger partial charge in [0, 0.05) is 23.5 Å². The highest BCUT2D eigenvalue weighted by Gasteiger charge is 2.08. The van der Waals surface area contributed by atoms with Crippen LogP contribution in [0.3, 0.4) is 0 Å². The summed E-state index contributed by atoms with van der Waals surface area (Å²) in [5.41, 5.74) is 6.81. The summed E-state index contributed by atoms with van der Waals surface area (Å²) in [5, 5.41) is 9.22. The van der Waals surface area contributed by atoms with Crippen molar-refractivity contribution in [3.05, 3.63) is 28.2 Å². The number of rotatable bonds is 5. The third-order valence-corrected chi connectivity index (χ3v) is 5.29. The van der Waals surface area contributed by atoms with Gasteiger partial charge in [-0.15, -0.1) is 10.2 Å². The van der Waals surface area contributed by atoms with E-state index in [9.17, 15) is 0 Å². The molecule has 1 aromatic carbocycles. The summed E-state index contributed by atoms with van der Waals surface area (Å²) in [5.74, 6) is 0. The van der Waals surface area contributed by atoms with Gasteiger partial charge in [-0.25, -0.2) is 0 Å². The molecule has 0 radical (unpaired) electrons. The van der Waals surface area contributed by atoms with E-state index in [-0.39, 0.29) is 0 Å². The third-order valence-electron chi connectivity index (χ3n) is 2.42. The Balaban J connectivity index is 2.12. The molecule has 0 fully saturated rings. The van der Waals surface area contributed by atoms with Gasteiger partial charge in [-0.05, 0) is 30.7 Å². The fraction of sp³-hybridized carbons (Fsp3) is 0.333. The van der Waals surface area contributed by atoms with E-state index in [0.717, 1.165) is 25.3 Å². The van der Waals surface area contributed by atoms with Crippen molar-refractivity contribution in [2.45, 2.75) is 15.7 Å². The molecule has 0 amide bonds. The van der Waals surface area contributed by atoms with Gasteiger partial charge in [0.2, 0.25) is 5.13 Å². The zero-order valence-corrected chi connectivity index (χ0v) is 14.0. The number of benzene rings is 1. The minimum atomic E-state index is 0.660. The maximum Gasteiger partial charge on any atom is 0.208 e. The van der Waals surface area contributed by atoms with Gasteiger partial charge in [0.25, 0.3) is 0 Å². The van der Waals surface area contributed by atoms with Gasteiger partial charge in [-0.2, -0.15) is 0 Å². The molecule has 0 bridgehead atoms. The number of hydrogen-bond acceptors (Lipinski definition) is 6. The number of nitrogens with zero attached hydrogens (tertiary/aromatic N) is 3. The maximum atomic E-state index is 5.57.